The fraction of sp³-hybridized carbons (Fsp3) is 0.267. The molecule has 100 valence electrons. The van der Waals surface area contributed by atoms with Gasteiger partial charge in [0.05, 0.1) is 0 Å². The molecule has 0 amide bonds. The van der Waals surface area contributed by atoms with Crippen LogP contribution in [0.3, 0.4) is 0 Å². The molecule has 0 radical (unpaired) electrons. The van der Waals surface area contributed by atoms with Crippen LogP contribution in [-0.2, 0) is 6.54 Å². The molecular weight excluding hydrogens is 259 g/mol. The van der Waals surface area contributed by atoms with Crippen molar-refractivity contribution in [3.8, 4) is 0 Å². The summed E-state index contributed by atoms with van der Waals surface area (Å²) in [7, 11) is 0. The van der Waals surface area contributed by atoms with E-state index in [1.54, 1.807) is 12.1 Å². The van der Waals surface area contributed by atoms with Gasteiger partial charge in [0.25, 0.3) is 0 Å². The fourth-order valence-corrected chi connectivity index (χ4v) is 2.57. The summed E-state index contributed by atoms with van der Waals surface area (Å²) < 4.78 is 13.6. The highest BCUT2D eigenvalue weighted by Gasteiger charge is 2.07. The summed E-state index contributed by atoms with van der Waals surface area (Å²) in [6.07, 6.45) is 1.85. The molecule has 0 saturated carbocycles. The standard InChI is InChI=1S/C15H17FN2S/c1-3-17-9-12-8-11(2)15(18-10-12)19-14-7-5-4-6-13(14)16/h4-8,10,17H,3,9H2,1-2H3. The Morgan fingerprint density at radius 1 is 1.32 bits per heavy atom. The first-order valence-corrected chi connectivity index (χ1v) is 7.11. The van der Waals surface area contributed by atoms with Gasteiger partial charge in [-0.25, -0.2) is 9.37 Å². The van der Waals surface area contributed by atoms with E-state index < -0.39 is 0 Å². The molecule has 19 heavy (non-hydrogen) atoms. The monoisotopic (exact) mass is 276 g/mol. The first-order chi connectivity index (χ1) is 9.20. The predicted octanol–water partition coefficient (Wildman–Crippen LogP) is 3.79. The van der Waals surface area contributed by atoms with Crippen molar-refractivity contribution in [2.24, 2.45) is 0 Å². The first kappa shape index (κ1) is 14.0. The fourth-order valence-electron chi connectivity index (χ4n) is 1.72. The maximum Gasteiger partial charge on any atom is 0.137 e. The quantitative estimate of drug-likeness (QED) is 0.899. The Kier molecular flexibility index (Phi) is 4.93. The molecule has 2 aromatic rings. The van der Waals surface area contributed by atoms with Crippen molar-refractivity contribution in [3.05, 3.63) is 53.5 Å². The van der Waals surface area contributed by atoms with Crippen LogP contribution in [0, 0.1) is 12.7 Å². The van der Waals surface area contributed by atoms with E-state index in [1.165, 1.54) is 17.8 Å². The lowest BCUT2D eigenvalue weighted by molar-refractivity contribution is 0.602. The lowest BCUT2D eigenvalue weighted by Crippen LogP contribution is -2.12. The van der Waals surface area contributed by atoms with Crippen molar-refractivity contribution >= 4 is 11.8 Å². The van der Waals surface area contributed by atoms with Gasteiger partial charge < -0.3 is 5.32 Å². The van der Waals surface area contributed by atoms with E-state index >= 15 is 0 Å². The number of pyridine rings is 1. The first-order valence-electron chi connectivity index (χ1n) is 6.29. The molecule has 0 aliphatic carbocycles. The highest BCUT2D eigenvalue weighted by molar-refractivity contribution is 7.99. The molecule has 1 N–H and O–H groups in total. The summed E-state index contributed by atoms with van der Waals surface area (Å²) in [5.74, 6) is -0.203. The van der Waals surface area contributed by atoms with Crippen molar-refractivity contribution < 1.29 is 4.39 Å². The van der Waals surface area contributed by atoms with Crippen LogP contribution in [0.25, 0.3) is 0 Å². The van der Waals surface area contributed by atoms with Gasteiger partial charge >= 0.3 is 0 Å². The zero-order valence-electron chi connectivity index (χ0n) is 11.1. The van der Waals surface area contributed by atoms with Crippen LogP contribution < -0.4 is 5.32 Å². The van der Waals surface area contributed by atoms with Gasteiger partial charge in [0, 0.05) is 17.6 Å². The van der Waals surface area contributed by atoms with Crippen LogP contribution >= 0.6 is 11.8 Å². The van der Waals surface area contributed by atoms with Crippen LogP contribution in [-0.4, -0.2) is 11.5 Å². The second kappa shape index (κ2) is 6.68. The number of hydrogen-bond donors (Lipinski definition) is 1. The third kappa shape index (κ3) is 3.78. The van der Waals surface area contributed by atoms with Gasteiger partial charge in [0.15, 0.2) is 0 Å². The second-order valence-corrected chi connectivity index (χ2v) is 5.31. The van der Waals surface area contributed by atoms with Gasteiger partial charge in [-0.15, -0.1) is 0 Å². The van der Waals surface area contributed by atoms with Crippen molar-refractivity contribution in [2.45, 2.75) is 30.3 Å². The minimum absolute atomic E-state index is 0.203. The van der Waals surface area contributed by atoms with E-state index in [2.05, 4.69) is 23.3 Å². The lowest BCUT2D eigenvalue weighted by atomic mass is 10.2. The van der Waals surface area contributed by atoms with Crippen LogP contribution in [0.5, 0.6) is 0 Å². The van der Waals surface area contributed by atoms with Crippen LogP contribution in [0.4, 0.5) is 4.39 Å². The van der Waals surface area contributed by atoms with Crippen molar-refractivity contribution in [1.29, 1.82) is 0 Å². The maximum absolute atomic E-state index is 13.6. The second-order valence-electron chi connectivity index (χ2n) is 4.28. The van der Waals surface area contributed by atoms with E-state index in [0.29, 0.717) is 4.90 Å². The Balaban J connectivity index is 2.15. The van der Waals surface area contributed by atoms with Gasteiger partial charge in [-0.05, 0) is 36.7 Å². The van der Waals surface area contributed by atoms with E-state index in [9.17, 15) is 4.39 Å². The molecule has 2 nitrogen and oxygen atoms in total. The molecule has 0 atom stereocenters. The average Bonchev–Trinajstić information content (AvgIpc) is 2.41. The minimum atomic E-state index is -0.203. The molecule has 0 bridgehead atoms. The topological polar surface area (TPSA) is 24.9 Å². The SMILES string of the molecule is CCNCc1cnc(Sc2ccccc2F)c(C)c1. The molecule has 4 heteroatoms. The largest absolute Gasteiger partial charge is 0.313 e. The molecular formula is C15H17FN2S. The Bertz CT molecular complexity index is 558. The molecule has 2 rings (SSSR count). The molecule has 0 spiro atoms. The lowest BCUT2D eigenvalue weighted by Gasteiger charge is -2.08. The molecule has 0 aliphatic heterocycles. The zero-order chi connectivity index (χ0) is 13.7. The number of benzene rings is 1. The molecule has 1 heterocycles. The number of nitrogens with one attached hydrogen (secondary N) is 1. The normalized spacial score (nSPS) is 10.7. The summed E-state index contributed by atoms with van der Waals surface area (Å²) in [5.41, 5.74) is 2.22. The number of hydrogen-bond acceptors (Lipinski definition) is 3. The molecule has 0 unspecified atom stereocenters. The third-order valence-electron chi connectivity index (χ3n) is 2.71. The summed E-state index contributed by atoms with van der Waals surface area (Å²) in [6.45, 7) is 5.83. The summed E-state index contributed by atoms with van der Waals surface area (Å²) in [4.78, 5) is 5.03. The molecule has 1 aromatic heterocycles. The third-order valence-corrected chi connectivity index (χ3v) is 3.88. The number of nitrogens with zero attached hydrogens (tertiary/aromatic N) is 1. The Morgan fingerprint density at radius 3 is 2.79 bits per heavy atom. The van der Waals surface area contributed by atoms with Crippen molar-refractivity contribution in [1.82, 2.24) is 10.3 Å². The molecule has 0 fully saturated rings. The number of aryl methyl sites for hydroxylation is 1. The zero-order valence-corrected chi connectivity index (χ0v) is 11.9. The van der Waals surface area contributed by atoms with Gasteiger partial charge in [0.1, 0.15) is 10.8 Å². The summed E-state index contributed by atoms with van der Waals surface area (Å²) in [5, 5.41) is 4.12. The minimum Gasteiger partial charge on any atom is -0.313 e. The van der Waals surface area contributed by atoms with Crippen molar-refractivity contribution in [3.63, 3.8) is 0 Å². The average molecular weight is 276 g/mol. The molecule has 0 saturated heterocycles. The highest BCUT2D eigenvalue weighted by atomic mass is 32.2. The molecule has 0 aliphatic rings. The van der Waals surface area contributed by atoms with Gasteiger partial charge in [-0.3, -0.25) is 0 Å². The van der Waals surface area contributed by atoms with Gasteiger partial charge in [-0.1, -0.05) is 36.9 Å². The van der Waals surface area contributed by atoms with Gasteiger partial charge in [0.2, 0.25) is 0 Å². The van der Waals surface area contributed by atoms with E-state index in [-0.39, 0.29) is 5.82 Å². The summed E-state index contributed by atoms with van der Waals surface area (Å²) >= 11 is 1.37. The molecule has 1 aromatic carbocycles. The van der Waals surface area contributed by atoms with Crippen molar-refractivity contribution in [2.75, 3.05) is 6.54 Å². The van der Waals surface area contributed by atoms with E-state index in [4.69, 9.17) is 0 Å². The smallest absolute Gasteiger partial charge is 0.137 e. The Labute approximate surface area is 117 Å². The number of halogens is 1. The van der Waals surface area contributed by atoms with E-state index in [0.717, 1.165) is 29.2 Å². The van der Waals surface area contributed by atoms with Crippen LogP contribution in [0.1, 0.15) is 18.1 Å². The maximum atomic E-state index is 13.6. The van der Waals surface area contributed by atoms with Crippen LogP contribution in [0.2, 0.25) is 0 Å². The number of aromatic nitrogens is 1. The van der Waals surface area contributed by atoms with E-state index in [1.807, 2.05) is 19.2 Å². The predicted molar refractivity (Wildman–Crippen MR) is 76.9 cm³/mol. The highest BCUT2D eigenvalue weighted by Crippen LogP contribution is 2.30. The summed E-state index contributed by atoms with van der Waals surface area (Å²) in [6, 6.07) is 8.86. The number of rotatable bonds is 5. The Morgan fingerprint density at radius 2 is 2.11 bits per heavy atom. The van der Waals surface area contributed by atoms with Crippen LogP contribution in [0.15, 0.2) is 46.5 Å². The van der Waals surface area contributed by atoms with Gasteiger partial charge in [-0.2, -0.15) is 0 Å². The Hall–Kier alpha value is -1.39.